The average Bonchev–Trinajstić information content (AvgIpc) is 1.98. The highest BCUT2D eigenvalue weighted by Gasteiger charge is 2.30. The summed E-state index contributed by atoms with van der Waals surface area (Å²) >= 11 is 0. The molecule has 1 aliphatic carbocycles. The summed E-state index contributed by atoms with van der Waals surface area (Å²) < 4.78 is 0. The molecule has 2 heteroatoms. The molecule has 1 rings (SSSR count). The van der Waals surface area contributed by atoms with E-state index in [-0.39, 0.29) is 5.54 Å². The van der Waals surface area contributed by atoms with Gasteiger partial charge in [-0.2, -0.15) is 0 Å². The molecule has 0 amide bonds. The Morgan fingerprint density at radius 2 is 1.47 bits per heavy atom. The molecule has 2 N–H and O–H groups in total. The van der Waals surface area contributed by atoms with E-state index in [4.69, 9.17) is 5.73 Å². The van der Waals surface area contributed by atoms with Gasteiger partial charge in [0, 0.05) is 5.54 Å². The lowest BCUT2D eigenvalue weighted by atomic mass is 9.44. The topological polar surface area (TPSA) is 26.0 Å². The van der Waals surface area contributed by atoms with Gasteiger partial charge in [0.15, 0.2) is 0 Å². The quantitative estimate of drug-likeness (QED) is 0.692. The van der Waals surface area contributed by atoms with E-state index in [1.54, 1.807) is 0 Å². The second-order valence-electron chi connectivity index (χ2n) is 6.77. The lowest BCUT2D eigenvalue weighted by Gasteiger charge is -2.36. The molecule has 0 atom stereocenters. The molecule has 1 saturated carbocycles. The van der Waals surface area contributed by atoms with Gasteiger partial charge in [0.05, 0.1) is 0 Å². The molecule has 0 saturated heterocycles. The zero-order chi connectivity index (χ0) is 11.5. The van der Waals surface area contributed by atoms with E-state index in [0.29, 0.717) is 5.31 Å². The van der Waals surface area contributed by atoms with Gasteiger partial charge in [0.2, 0.25) is 0 Å². The SMILES string of the molecule is CC(C)BC1(C)CCCC(C)(N)CCC1. The summed E-state index contributed by atoms with van der Waals surface area (Å²) in [7, 11) is 1.38. The summed E-state index contributed by atoms with van der Waals surface area (Å²) in [5.74, 6) is 0.832. The Morgan fingerprint density at radius 1 is 1.00 bits per heavy atom. The van der Waals surface area contributed by atoms with Crippen LogP contribution in [0, 0.1) is 0 Å². The third-order valence-corrected chi connectivity index (χ3v) is 3.96. The van der Waals surface area contributed by atoms with Gasteiger partial charge in [-0.05, 0) is 19.8 Å². The molecule has 0 radical (unpaired) electrons. The molecule has 0 aromatic rings. The van der Waals surface area contributed by atoms with E-state index in [1.807, 2.05) is 0 Å². The molecule has 1 nitrogen and oxygen atoms in total. The number of rotatable bonds is 2. The predicted octanol–water partition coefficient (Wildman–Crippen LogP) is 3.50. The molecule has 1 fully saturated rings. The minimum atomic E-state index is 0.110. The van der Waals surface area contributed by atoms with Crippen LogP contribution >= 0.6 is 0 Å². The molecule has 0 aromatic carbocycles. The van der Waals surface area contributed by atoms with E-state index in [9.17, 15) is 0 Å². The van der Waals surface area contributed by atoms with Gasteiger partial charge in [-0.25, -0.2) is 0 Å². The minimum Gasteiger partial charge on any atom is -0.325 e. The fourth-order valence-corrected chi connectivity index (χ4v) is 3.28. The van der Waals surface area contributed by atoms with Crippen molar-refractivity contribution in [2.45, 2.75) is 82.9 Å². The van der Waals surface area contributed by atoms with Crippen molar-refractivity contribution in [3.8, 4) is 0 Å². The van der Waals surface area contributed by atoms with Crippen molar-refractivity contribution in [3.63, 3.8) is 0 Å². The Bertz CT molecular complexity index is 187. The Kier molecular flexibility index (Phi) is 4.28. The Morgan fingerprint density at radius 3 is 1.87 bits per heavy atom. The van der Waals surface area contributed by atoms with E-state index in [2.05, 4.69) is 27.7 Å². The van der Waals surface area contributed by atoms with E-state index in [1.165, 1.54) is 45.8 Å². The highest BCUT2D eigenvalue weighted by molar-refractivity contribution is 6.41. The molecule has 0 bridgehead atoms. The van der Waals surface area contributed by atoms with E-state index < -0.39 is 0 Å². The minimum absolute atomic E-state index is 0.110. The normalized spacial score (nSPS) is 38.5. The molecule has 88 valence electrons. The van der Waals surface area contributed by atoms with Gasteiger partial charge in [-0.15, -0.1) is 0 Å². The molecule has 15 heavy (non-hydrogen) atoms. The standard InChI is InChI=1S/C13H28BN/c1-11(2)14-12(3)7-5-9-13(4,15)10-6-8-12/h11,14H,5-10,15H2,1-4H3. The molecular weight excluding hydrogens is 181 g/mol. The maximum absolute atomic E-state index is 6.24. The summed E-state index contributed by atoms with van der Waals surface area (Å²) in [5.41, 5.74) is 6.35. The predicted molar refractivity (Wildman–Crippen MR) is 70.9 cm³/mol. The maximum atomic E-state index is 6.24. The fourth-order valence-electron chi connectivity index (χ4n) is 3.28. The van der Waals surface area contributed by atoms with Gasteiger partial charge >= 0.3 is 0 Å². The Labute approximate surface area is 96.4 Å². The second-order valence-corrected chi connectivity index (χ2v) is 6.77. The lowest BCUT2D eigenvalue weighted by molar-refractivity contribution is 0.311. The van der Waals surface area contributed by atoms with Crippen LogP contribution in [0.15, 0.2) is 0 Å². The Balaban J connectivity index is 2.50. The molecule has 0 aliphatic heterocycles. The third kappa shape index (κ3) is 4.59. The van der Waals surface area contributed by atoms with Crippen LogP contribution in [0.3, 0.4) is 0 Å². The van der Waals surface area contributed by atoms with Crippen molar-refractivity contribution in [1.29, 1.82) is 0 Å². The summed E-state index contributed by atoms with van der Waals surface area (Å²) in [5, 5.41) is 0.588. The van der Waals surface area contributed by atoms with Crippen molar-refractivity contribution >= 4 is 7.28 Å². The van der Waals surface area contributed by atoms with Crippen molar-refractivity contribution in [2.24, 2.45) is 5.73 Å². The first kappa shape index (κ1) is 13.1. The molecule has 1 aliphatic rings. The van der Waals surface area contributed by atoms with Crippen LogP contribution in [0.1, 0.15) is 66.2 Å². The largest absolute Gasteiger partial charge is 0.325 e. The van der Waals surface area contributed by atoms with Crippen molar-refractivity contribution in [2.75, 3.05) is 0 Å². The second kappa shape index (κ2) is 4.90. The Hall–Kier alpha value is 0.0249. The summed E-state index contributed by atoms with van der Waals surface area (Å²) in [6.45, 7) is 9.39. The van der Waals surface area contributed by atoms with Crippen LogP contribution in [0.5, 0.6) is 0 Å². The van der Waals surface area contributed by atoms with Crippen LogP contribution in [-0.4, -0.2) is 12.8 Å². The number of nitrogens with two attached hydrogens (primary N) is 1. The molecular formula is C13H28BN. The van der Waals surface area contributed by atoms with Crippen molar-refractivity contribution < 1.29 is 0 Å². The van der Waals surface area contributed by atoms with Crippen LogP contribution in [0.25, 0.3) is 0 Å². The van der Waals surface area contributed by atoms with E-state index in [0.717, 1.165) is 5.82 Å². The number of hydrogen-bond acceptors (Lipinski definition) is 1. The lowest BCUT2D eigenvalue weighted by Crippen LogP contribution is -2.38. The number of hydrogen-bond donors (Lipinski definition) is 1. The third-order valence-electron chi connectivity index (χ3n) is 3.96. The van der Waals surface area contributed by atoms with Gasteiger partial charge in [-0.1, -0.05) is 57.6 Å². The molecule has 0 unspecified atom stereocenters. The highest BCUT2D eigenvalue weighted by atomic mass is 14.7. The summed E-state index contributed by atoms with van der Waals surface area (Å²) in [6.07, 6.45) is 7.80. The van der Waals surface area contributed by atoms with Crippen molar-refractivity contribution in [1.82, 2.24) is 0 Å². The zero-order valence-electron chi connectivity index (χ0n) is 11.1. The fraction of sp³-hybridized carbons (Fsp3) is 1.00. The zero-order valence-corrected chi connectivity index (χ0v) is 11.1. The maximum Gasteiger partial charge on any atom is 0.130 e. The van der Waals surface area contributed by atoms with Crippen LogP contribution < -0.4 is 5.73 Å². The summed E-state index contributed by atoms with van der Waals surface area (Å²) in [6, 6.07) is 0. The summed E-state index contributed by atoms with van der Waals surface area (Å²) in [4.78, 5) is 0. The monoisotopic (exact) mass is 209 g/mol. The highest BCUT2D eigenvalue weighted by Crippen LogP contribution is 2.42. The van der Waals surface area contributed by atoms with Gasteiger partial charge in [0.1, 0.15) is 7.28 Å². The molecule has 0 spiro atoms. The first-order chi connectivity index (χ1) is 6.83. The van der Waals surface area contributed by atoms with E-state index >= 15 is 0 Å². The van der Waals surface area contributed by atoms with Crippen LogP contribution in [0.4, 0.5) is 0 Å². The van der Waals surface area contributed by atoms with Gasteiger partial charge in [0.25, 0.3) is 0 Å². The van der Waals surface area contributed by atoms with Gasteiger partial charge < -0.3 is 5.73 Å². The van der Waals surface area contributed by atoms with Crippen molar-refractivity contribution in [3.05, 3.63) is 0 Å². The first-order valence-electron chi connectivity index (χ1n) is 6.62. The van der Waals surface area contributed by atoms with Crippen LogP contribution in [0.2, 0.25) is 11.1 Å². The van der Waals surface area contributed by atoms with Gasteiger partial charge in [-0.3, -0.25) is 0 Å². The molecule has 0 heterocycles. The molecule has 0 aromatic heterocycles. The average molecular weight is 209 g/mol. The smallest absolute Gasteiger partial charge is 0.130 e. The first-order valence-corrected chi connectivity index (χ1v) is 6.62. The van der Waals surface area contributed by atoms with Crippen LogP contribution in [-0.2, 0) is 0 Å².